The number of rotatable bonds is 7. The summed E-state index contributed by atoms with van der Waals surface area (Å²) in [5.74, 6) is 0.700. The van der Waals surface area contributed by atoms with E-state index in [4.69, 9.17) is 4.74 Å². The topological polar surface area (TPSA) is 58.6 Å². The highest BCUT2D eigenvalue weighted by molar-refractivity contribution is 5.98. The lowest BCUT2D eigenvalue weighted by atomic mass is 10.1. The van der Waals surface area contributed by atoms with E-state index in [2.05, 4.69) is 5.32 Å². The van der Waals surface area contributed by atoms with E-state index in [9.17, 15) is 9.59 Å². The number of nitrogens with one attached hydrogen (secondary N) is 1. The highest BCUT2D eigenvalue weighted by atomic mass is 16.5. The van der Waals surface area contributed by atoms with Gasteiger partial charge in [-0.15, -0.1) is 0 Å². The first-order chi connectivity index (χ1) is 14.0. The van der Waals surface area contributed by atoms with Crippen LogP contribution in [0.5, 0.6) is 11.5 Å². The summed E-state index contributed by atoms with van der Waals surface area (Å²) in [6.45, 7) is 3.77. The van der Waals surface area contributed by atoms with Gasteiger partial charge in [0, 0.05) is 13.5 Å². The van der Waals surface area contributed by atoms with Gasteiger partial charge in [-0.05, 0) is 42.3 Å². The highest BCUT2D eigenvalue weighted by Crippen LogP contribution is 2.32. The van der Waals surface area contributed by atoms with Gasteiger partial charge in [0.15, 0.2) is 5.75 Å². The summed E-state index contributed by atoms with van der Waals surface area (Å²) < 4.78 is 5.94. The van der Waals surface area contributed by atoms with Gasteiger partial charge in [0.05, 0.1) is 5.69 Å². The number of para-hydroxylation sites is 3. The Hall–Kier alpha value is -3.60. The van der Waals surface area contributed by atoms with Crippen LogP contribution >= 0.6 is 0 Å². The Morgan fingerprint density at radius 2 is 1.55 bits per heavy atom. The van der Waals surface area contributed by atoms with Gasteiger partial charge >= 0.3 is 0 Å². The zero-order valence-corrected chi connectivity index (χ0v) is 16.6. The Kier molecular flexibility index (Phi) is 6.63. The maximum absolute atomic E-state index is 12.5. The lowest BCUT2D eigenvalue weighted by molar-refractivity contribution is -0.123. The van der Waals surface area contributed by atoms with Crippen LogP contribution in [0.2, 0.25) is 0 Å². The van der Waals surface area contributed by atoms with Gasteiger partial charge in [-0.25, -0.2) is 0 Å². The molecule has 0 heterocycles. The third-order valence-corrected chi connectivity index (χ3v) is 4.55. The van der Waals surface area contributed by atoms with E-state index < -0.39 is 0 Å². The van der Waals surface area contributed by atoms with Crippen molar-refractivity contribution in [1.29, 1.82) is 0 Å². The molecule has 5 nitrogen and oxygen atoms in total. The maximum atomic E-state index is 12.5. The third-order valence-electron chi connectivity index (χ3n) is 4.55. The average Bonchev–Trinajstić information content (AvgIpc) is 2.72. The average molecular weight is 388 g/mol. The number of aryl methyl sites for hydroxylation is 1. The number of hydrogen-bond donors (Lipinski definition) is 1. The summed E-state index contributed by atoms with van der Waals surface area (Å²) in [6.07, 6.45) is 0. The SMILES string of the molecule is CC(=O)N(CC(=O)NCc1ccccc1C)c1ccccc1Oc1ccccc1. The quantitative estimate of drug-likeness (QED) is 0.650. The number of benzene rings is 3. The molecule has 1 N–H and O–H groups in total. The van der Waals surface area contributed by atoms with Crippen molar-refractivity contribution in [3.05, 3.63) is 90.0 Å². The molecule has 0 atom stereocenters. The second-order valence-corrected chi connectivity index (χ2v) is 6.69. The fraction of sp³-hybridized carbons (Fsp3) is 0.167. The lowest BCUT2D eigenvalue weighted by Crippen LogP contribution is -2.39. The van der Waals surface area contributed by atoms with Crippen LogP contribution in [0.15, 0.2) is 78.9 Å². The minimum absolute atomic E-state index is 0.0869. The molecule has 0 bridgehead atoms. The third kappa shape index (κ3) is 5.45. The summed E-state index contributed by atoms with van der Waals surface area (Å²) in [6, 6.07) is 24.4. The van der Waals surface area contributed by atoms with Crippen LogP contribution in [0.3, 0.4) is 0 Å². The minimum atomic E-state index is -0.238. The normalized spacial score (nSPS) is 10.3. The molecule has 0 saturated carbocycles. The van der Waals surface area contributed by atoms with Crippen LogP contribution in [0, 0.1) is 6.92 Å². The predicted octanol–water partition coefficient (Wildman–Crippen LogP) is 4.46. The molecule has 2 amide bonds. The van der Waals surface area contributed by atoms with Crippen LogP contribution in [0.1, 0.15) is 18.1 Å². The molecule has 5 heteroatoms. The molecule has 0 unspecified atom stereocenters. The first-order valence-electron chi connectivity index (χ1n) is 9.46. The fourth-order valence-electron chi connectivity index (χ4n) is 2.95. The minimum Gasteiger partial charge on any atom is -0.455 e. The number of hydrogen-bond acceptors (Lipinski definition) is 3. The number of nitrogens with zero attached hydrogens (tertiary/aromatic N) is 1. The molecule has 3 aromatic rings. The molecule has 0 spiro atoms. The zero-order valence-electron chi connectivity index (χ0n) is 16.6. The van der Waals surface area contributed by atoms with Gasteiger partial charge < -0.3 is 10.1 Å². The fourth-order valence-corrected chi connectivity index (χ4v) is 2.95. The molecule has 3 rings (SSSR count). The van der Waals surface area contributed by atoms with Crippen molar-refractivity contribution in [2.24, 2.45) is 0 Å². The van der Waals surface area contributed by atoms with Gasteiger partial charge in [0.2, 0.25) is 11.8 Å². The van der Waals surface area contributed by atoms with Crippen molar-refractivity contribution in [3.63, 3.8) is 0 Å². The molecule has 0 saturated heterocycles. The summed E-state index contributed by atoms with van der Waals surface area (Å²) in [7, 11) is 0. The number of ether oxygens (including phenoxy) is 1. The van der Waals surface area contributed by atoms with Gasteiger partial charge in [0.1, 0.15) is 12.3 Å². The summed E-state index contributed by atoms with van der Waals surface area (Å²) in [4.78, 5) is 26.3. The molecular weight excluding hydrogens is 364 g/mol. The molecule has 0 radical (unpaired) electrons. The van der Waals surface area contributed by atoms with Crippen molar-refractivity contribution in [1.82, 2.24) is 5.32 Å². The molecule has 0 aliphatic rings. The van der Waals surface area contributed by atoms with Crippen LogP contribution in [0.25, 0.3) is 0 Å². The Labute approximate surface area is 170 Å². The van der Waals surface area contributed by atoms with Gasteiger partial charge in [-0.1, -0.05) is 54.6 Å². The maximum Gasteiger partial charge on any atom is 0.240 e. The first-order valence-corrected chi connectivity index (χ1v) is 9.46. The molecule has 0 aliphatic carbocycles. The molecule has 29 heavy (non-hydrogen) atoms. The van der Waals surface area contributed by atoms with Crippen molar-refractivity contribution < 1.29 is 14.3 Å². The summed E-state index contributed by atoms with van der Waals surface area (Å²) in [5.41, 5.74) is 2.70. The molecule has 0 aliphatic heterocycles. The predicted molar refractivity (Wildman–Crippen MR) is 114 cm³/mol. The lowest BCUT2D eigenvalue weighted by Gasteiger charge is -2.23. The van der Waals surface area contributed by atoms with Crippen molar-refractivity contribution >= 4 is 17.5 Å². The van der Waals surface area contributed by atoms with Crippen LogP contribution < -0.4 is 15.0 Å². The zero-order chi connectivity index (χ0) is 20.6. The monoisotopic (exact) mass is 388 g/mol. The number of carbonyl (C=O) groups is 2. The largest absolute Gasteiger partial charge is 0.455 e. The second-order valence-electron chi connectivity index (χ2n) is 6.69. The molecule has 0 fully saturated rings. The number of amides is 2. The number of anilines is 1. The Morgan fingerprint density at radius 3 is 2.28 bits per heavy atom. The summed E-state index contributed by atoms with van der Waals surface area (Å²) in [5, 5.41) is 2.89. The van der Waals surface area contributed by atoms with E-state index in [0.717, 1.165) is 11.1 Å². The van der Waals surface area contributed by atoms with Crippen molar-refractivity contribution in [2.45, 2.75) is 20.4 Å². The van der Waals surface area contributed by atoms with Gasteiger partial charge in [-0.2, -0.15) is 0 Å². The van der Waals surface area contributed by atoms with Crippen LogP contribution in [-0.2, 0) is 16.1 Å². The van der Waals surface area contributed by atoms with E-state index in [0.29, 0.717) is 23.7 Å². The van der Waals surface area contributed by atoms with E-state index in [1.165, 1.54) is 11.8 Å². The van der Waals surface area contributed by atoms with Gasteiger partial charge in [0.25, 0.3) is 0 Å². The van der Waals surface area contributed by atoms with E-state index >= 15 is 0 Å². The first kappa shape index (κ1) is 20.1. The Morgan fingerprint density at radius 1 is 0.897 bits per heavy atom. The molecule has 0 aromatic heterocycles. The van der Waals surface area contributed by atoms with Crippen LogP contribution in [0.4, 0.5) is 5.69 Å². The molecule has 148 valence electrons. The van der Waals surface area contributed by atoms with E-state index in [1.807, 2.05) is 73.7 Å². The Bertz CT molecular complexity index is 986. The summed E-state index contributed by atoms with van der Waals surface area (Å²) >= 11 is 0. The standard InChI is InChI=1S/C24H24N2O3/c1-18-10-6-7-11-20(18)16-25-24(28)17-26(19(2)27)22-14-8-9-15-23(22)29-21-12-4-3-5-13-21/h3-15H,16-17H2,1-2H3,(H,25,28). The number of carbonyl (C=O) groups excluding carboxylic acids is 2. The highest BCUT2D eigenvalue weighted by Gasteiger charge is 2.19. The molecular formula is C24H24N2O3. The second kappa shape index (κ2) is 9.55. The van der Waals surface area contributed by atoms with Crippen molar-refractivity contribution in [2.75, 3.05) is 11.4 Å². The smallest absolute Gasteiger partial charge is 0.240 e. The van der Waals surface area contributed by atoms with E-state index in [1.54, 1.807) is 12.1 Å². The Balaban J connectivity index is 1.74. The van der Waals surface area contributed by atoms with E-state index in [-0.39, 0.29) is 18.4 Å². The van der Waals surface area contributed by atoms with Gasteiger partial charge in [-0.3, -0.25) is 14.5 Å². The van der Waals surface area contributed by atoms with Crippen molar-refractivity contribution in [3.8, 4) is 11.5 Å². The molecule has 3 aromatic carbocycles. The van der Waals surface area contributed by atoms with Crippen LogP contribution in [-0.4, -0.2) is 18.4 Å².